The molecule has 3 unspecified atom stereocenters. The Hall–Kier alpha value is -0.630. The van der Waals surface area contributed by atoms with Gasteiger partial charge in [0.25, 0.3) is 0 Å². The number of benzene rings is 1. The molecule has 4 nitrogen and oxygen atoms in total. The summed E-state index contributed by atoms with van der Waals surface area (Å²) >= 11 is 1.61. The van der Waals surface area contributed by atoms with E-state index in [0.29, 0.717) is 17.9 Å². The van der Waals surface area contributed by atoms with Crippen molar-refractivity contribution in [2.45, 2.75) is 24.4 Å². The van der Waals surface area contributed by atoms with Gasteiger partial charge in [-0.1, -0.05) is 18.2 Å². The molecule has 2 rings (SSSR count). The van der Waals surface area contributed by atoms with Gasteiger partial charge < -0.3 is 5.73 Å². The maximum Gasteiger partial charge on any atom is 0.164 e. The molecular weight excluding hydrogens is 311 g/mol. The molecule has 1 aromatic rings. The number of hydrogen-bond acceptors (Lipinski definition) is 5. The molecule has 0 radical (unpaired) electrons. The molecule has 2 N–H and O–H groups in total. The average molecular weight is 332 g/mol. The molecule has 1 aliphatic rings. The van der Waals surface area contributed by atoms with E-state index in [1.165, 1.54) is 12.3 Å². The second-order valence-corrected chi connectivity index (χ2v) is 8.78. The lowest BCUT2D eigenvalue weighted by Gasteiger charge is -2.41. The molecule has 0 aliphatic carbocycles. The molecule has 0 saturated carbocycles. The fourth-order valence-corrected chi connectivity index (χ4v) is 5.67. The van der Waals surface area contributed by atoms with E-state index in [1.54, 1.807) is 36.9 Å². The van der Waals surface area contributed by atoms with Gasteiger partial charge in [-0.05, 0) is 13.0 Å². The number of rotatable bonds is 4. The predicted molar refractivity (Wildman–Crippen MR) is 85.5 cm³/mol. The lowest BCUT2D eigenvalue weighted by Crippen LogP contribution is -2.52. The Morgan fingerprint density at radius 2 is 2.10 bits per heavy atom. The van der Waals surface area contributed by atoms with Crippen LogP contribution in [0, 0.1) is 5.82 Å². The van der Waals surface area contributed by atoms with Crippen LogP contribution in [-0.2, 0) is 9.84 Å². The highest BCUT2D eigenvalue weighted by atomic mass is 32.2. The molecule has 0 aromatic heterocycles. The van der Waals surface area contributed by atoms with Gasteiger partial charge in [-0.2, -0.15) is 11.8 Å². The Morgan fingerprint density at radius 1 is 1.43 bits per heavy atom. The highest BCUT2D eigenvalue weighted by Gasteiger charge is 2.38. The van der Waals surface area contributed by atoms with Crippen LogP contribution >= 0.6 is 11.8 Å². The second kappa shape index (κ2) is 6.64. The summed E-state index contributed by atoms with van der Waals surface area (Å²) in [5.41, 5.74) is 6.53. The molecule has 0 amide bonds. The van der Waals surface area contributed by atoms with Gasteiger partial charge in [-0.25, -0.2) is 12.8 Å². The van der Waals surface area contributed by atoms with Crippen molar-refractivity contribution in [3.63, 3.8) is 0 Å². The normalized spacial score (nSPS) is 23.7. The predicted octanol–water partition coefficient (Wildman–Crippen LogP) is 1.63. The quantitative estimate of drug-likeness (QED) is 0.908. The Labute approximate surface area is 129 Å². The lowest BCUT2D eigenvalue weighted by atomic mass is 9.98. The van der Waals surface area contributed by atoms with Gasteiger partial charge in [0.05, 0.1) is 6.04 Å². The summed E-state index contributed by atoms with van der Waals surface area (Å²) in [6.45, 7) is 2.38. The van der Waals surface area contributed by atoms with Gasteiger partial charge >= 0.3 is 0 Å². The van der Waals surface area contributed by atoms with E-state index >= 15 is 0 Å². The maximum atomic E-state index is 14.1. The SMILES string of the molecule is CC(N)C(c1ccccc1F)N1CCSCC1S(C)(=O)=O. The molecular formula is C14H21FN2O2S2. The van der Waals surface area contributed by atoms with Crippen LogP contribution in [0.4, 0.5) is 4.39 Å². The molecule has 0 spiro atoms. The van der Waals surface area contributed by atoms with Crippen LogP contribution in [-0.4, -0.2) is 49.0 Å². The topological polar surface area (TPSA) is 63.4 Å². The second-order valence-electron chi connectivity index (χ2n) is 5.42. The fourth-order valence-electron chi connectivity index (χ4n) is 2.76. The van der Waals surface area contributed by atoms with E-state index in [4.69, 9.17) is 5.73 Å². The van der Waals surface area contributed by atoms with Crippen molar-refractivity contribution in [3.05, 3.63) is 35.6 Å². The maximum absolute atomic E-state index is 14.1. The minimum atomic E-state index is -3.25. The first-order valence-electron chi connectivity index (χ1n) is 6.84. The number of nitrogens with two attached hydrogens (primary N) is 1. The van der Waals surface area contributed by atoms with Crippen molar-refractivity contribution in [3.8, 4) is 0 Å². The zero-order valence-corrected chi connectivity index (χ0v) is 13.8. The Kier molecular flexibility index (Phi) is 5.29. The highest BCUT2D eigenvalue weighted by Crippen LogP contribution is 2.32. The van der Waals surface area contributed by atoms with E-state index in [1.807, 2.05) is 4.90 Å². The first kappa shape index (κ1) is 16.7. The average Bonchev–Trinajstić information content (AvgIpc) is 2.40. The lowest BCUT2D eigenvalue weighted by molar-refractivity contribution is 0.169. The molecule has 21 heavy (non-hydrogen) atoms. The number of sulfone groups is 1. The van der Waals surface area contributed by atoms with Crippen LogP contribution in [0.1, 0.15) is 18.5 Å². The monoisotopic (exact) mass is 332 g/mol. The highest BCUT2D eigenvalue weighted by molar-refractivity contribution is 8.00. The summed E-state index contributed by atoms with van der Waals surface area (Å²) in [7, 11) is -3.25. The molecule has 7 heteroatoms. The summed E-state index contributed by atoms with van der Waals surface area (Å²) < 4.78 is 38.2. The minimum absolute atomic E-state index is 0.342. The van der Waals surface area contributed by atoms with Crippen molar-refractivity contribution in [2.75, 3.05) is 24.3 Å². The molecule has 1 saturated heterocycles. The summed E-state index contributed by atoms with van der Waals surface area (Å²) in [6, 6.07) is 5.64. The van der Waals surface area contributed by atoms with Crippen LogP contribution < -0.4 is 5.73 Å². The molecule has 1 aliphatic heterocycles. The summed E-state index contributed by atoms with van der Waals surface area (Å²) in [6.07, 6.45) is 1.23. The summed E-state index contributed by atoms with van der Waals surface area (Å²) in [5, 5.41) is -0.619. The third kappa shape index (κ3) is 3.77. The van der Waals surface area contributed by atoms with E-state index in [0.717, 1.165) is 5.75 Å². The minimum Gasteiger partial charge on any atom is -0.326 e. The first-order chi connectivity index (χ1) is 9.82. The van der Waals surface area contributed by atoms with Gasteiger partial charge in [0.2, 0.25) is 0 Å². The van der Waals surface area contributed by atoms with Crippen LogP contribution in [0.15, 0.2) is 24.3 Å². The van der Waals surface area contributed by atoms with E-state index in [9.17, 15) is 12.8 Å². The number of hydrogen-bond donors (Lipinski definition) is 1. The van der Waals surface area contributed by atoms with E-state index in [2.05, 4.69) is 0 Å². The standard InChI is InChI=1S/C14H21FN2O2S2/c1-10(16)14(11-5-3-4-6-12(11)15)17-7-8-20-9-13(17)21(2,18)19/h3-6,10,13-14H,7-9,16H2,1-2H3. The van der Waals surface area contributed by atoms with E-state index in [-0.39, 0.29) is 11.9 Å². The molecule has 118 valence electrons. The number of nitrogens with zero attached hydrogens (tertiary/aromatic N) is 1. The van der Waals surface area contributed by atoms with Crippen LogP contribution in [0.5, 0.6) is 0 Å². The summed E-state index contributed by atoms with van der Waals surface area (Å²) in [4.78, 5) is 1.84. The third-order valence-corrected chi connectivity index (χ3v) is 6.36. The van der Waals surface area contributed by atoms with Gasteiger partial charge in [0, 0.05) is 35.9 Å². The van der Waals surface area contributed by atoms with Crippen LogP contribution in [0.2, 0.25) is 0 Å². The Balaban J connectivity index is 2.44. The van der Waals surface area contributed by atoms with Gasteiger partial charge in [-0.15, -0.1) is 0 Å². The van der Waals surface area contributed by atoms with E-state index < -0.39 is 21.3 Å². The molecule has 0 bridgehead atoms. The molecule has 3 atom stereocenters. The van der Waals surface area contributed by atoms with Crippen LogP contribution in [0.25, 0.3) is 0 Å². The van der Waals surface area contributed by atoms with Gasteiger partial charge in [0.1, 0.15) is 11.2 Å². The smallest absolute Gasteiger partial charge is 0.164 e. The van der Waals surface area contributed by atoms with Crippen molar-refractivity contribution in [1.29, 1.82) is 0 Å². The zero-order valence-electron chi connectivity index (χ0n) is 12.2. The number of halogens is 1. The number of thioether (sulfide) groups is 1. The zero-order chi connectivity index (χ0) is 15.6. The van der Waals surface area contributed by atoms with Gasteiger partial charge in [-0.3, -0.25) is 4.90 Å². The van der Waals surface area contributed by atoms with Crippen molar-refractivity contribution < 1.29 is 12.8 Å². The first-order valence-corrected chi connectivity index (χ1v) is 9.95. The third-order valence-electron chi connectivity index (χ3n) is 3.70. The fraction of sp³-hybridized carbons (Fsp3) is 0.571. The van der Waals surface area contributed by atoms with Gasteiger partial charge in [0.15, 0.2) is 9.84 Å². The summed E-state index contributed by atoms with van der Waals surface area (Å²) in [5.74, 6) is 0.977. The van der Waals surface area contributed by atoms with Crippen molar-refractivity contribution >= 4 is 21.6 Å². The molecule has 1 fully saturated rings. The largest absolute Gasteiger partial charge is 0.326 e. The molecule has 1 heterocycles. The van der Waals surface area contributed by atoms with Crippen molar-refractivity contribution in [1.82, 2.24) is 4.90 Å². The van der Waals surface area contributed by atoms with Crippen molar-refractivity contribution in [2.24, 2.45) is 5.73 Å². The molecule has 1 aromatic carbocycles. The van der Waals surface area contributed by atoms with Crippen LogP contribution in [0.3, 0.4) is 0 Å². The Bertz CT molecular complexity index is 592. The Morgan fingerprint density at radius 3 is 2.67 bits per heavy atom.